The summed E-state index contributed by atoms with van der Waals surface area (Å²) in [7, 11) is 0. The zero-order valence-electron chi connectivity index (χ0n) is 9.90. The van der Waals surface area contributed by atoms with E-state index in [-0.39, 0.29) is 5.38 Å². The molecule has 1 atom stereocenters. The molecule has 90 valence electrons. The number of aromatic nitrogens is 1. The van der Waals surface area contributed by atoms with Gasteiger partial charge in [0.2, 0.25) is 5.89 Å². The molecule has 0 saturated heterocycles. The molecule has 2 nitrogen and oxygen atoms in total. The third-order valence-electron chi connectivity index (χ3n) is 2.64. The Balaban J connectivity index is 1.82. The lowest BCUT2D eigenvalue weighted by Crippen LogP contribution is -1.88. The molecule has 0 bridgehead atoms. The van der Waals surface area contributed by atoms with E-state index in [4.69, 9.17) is 16.0 Å². The van der Waals surface area contributed by atoms with Gasteiger partial charge in [-0.2, -0.15) is 0 Å². The molecule has 1 aromatic heterocycles. The highest BCUT2D eigenvalue weighted by Crippen LogP contribution is 2.19. The molecule has 0 saturated carbocycles. The van der Waals surface area contributed by atoms with Gasteiger partial charge in [-0.25, -0.2) is 4.98 Å². The van der Waals surface area contributed by atoms with Crippen molar-refractivity contribution in [1.82, 2.24) is 4.98 Å². The Morgan fingerprint density at radius 3 is 2.65 bits per heavy atom. The Kier molecular flexibility index (Phi) is 4.21. The minimum absolute atomic E-state index is 0.155. The van der Waals surface area contributed by atoms with Crippen LogP contribution in [-0.4, -0.2) is 4.98 Å². The molecule has 2 rings (SSSR count). The van der Waals surface area contributed by atoms with E-state index in [0.717, 1.165) is 25.0 Å². The summed E-state index contributed by atoms with van der Waals surface area (Å²) >= 11 is 5.89. The number of halogens is 1. The molecular weight excluding hydrogens is 234 g/mol. The Bertz CT molecular complexity index is 450. The standard InChI is InChI=1S/C14H16ClNO/c1-11(15)14-16-10-13(17-14)9-5-8-12-6-3-2-4-7-12/h2-4,6-7,10-11H,5,8-9H2,1H3. The summed E-state index contributed by atoms with van der Waals surface area (Å²) in [6.45, 7) is 1.86. The molecule has 0 aliphatic heterocycles. The van der Waals surface area contributed by atoms with Crippen molar-refractivity contribution in [2.75, 3.05) is 0 Å². The van der Waals surface area contributed by atoms with Crippen molar-refractivity contribution >= 4 is 11.6 Å². The van der Waals surface area contributed by atoms with E-state index in [2.05, 4.69) is 29.2 Å². The predicted molar refractivity (Wildman–Crippen MR) is 69.2 cm³/mol. The van der Waals surface area contributed by atoms with E-state index in [1.807, 2.05) is 13.0 Å². The van der Waals surface area contributed by atoms with Crippen molar-refractivity contribution in [3.05, 3.63) is 53.7 Å². The monoisotopic (exact) mass is 249 g/mol. The largest absolute Gasteiger partial charge is 0.444 e. The van der Waals surface area contributed by atoms with Crippen molar-refractivity contribution in [2.45, 2.75) is 31.6 Å². The van der Waals surface area contributed by atoms with Crippen LogP contribution in [0.25, 0.3) is 0 Å². The van der Waals surface area contributed by atoms with Crippen LogP contribution in [0.1, 0.15) is 35.9 Å². The van der Waals surface area contributed by atoms with Crippen LogP contribution < -0.4 is 0 Å². The molecule has 0 radical (unpaired) electrons. The van der Waals surface area contributed by atoms with Gasteiger partial charge in [0.05, 0.1) is 6.20 Å². The SMILES string of the molecule is CC(Cl)c1ncc(CCCc2ccccc2)o1. The zero-order valence-corrected chi connectivity index (χ0v) is 10.7. The van der Waals surface area contributed by atoms with E-state index in [1.165, 1.54) is 5.56 Å². The molecule has 0 amide bonds. The number of aryl methyl sites for hydroxylation is 2. The molecule has 1 heterocycles. The Morgan fingerprint density at radius 1 is 1.24 bits per heavy atom. The van der Waals surface area contributed by atoms with Crippen LogP contribution in [0.4, 0.5) is 0 Å². The van der Waals surface area contributed by atoms with Crippen LogP contribution >= 0.6 is 11.6 Å². The number of nitrogens with zero attached hydrogens (tertiary/aromatic N) is 1. The molecule has 3 heteroatoms. The Morgan fingerprint density at radius 2 is 2.00 bits per heavy atom. The molecule has 1 aromatic carbocycles. The first-order valence-electron chi connectivity index (χ1n) is 5.88. The van der Waals surface area contributed by atoms with Gasteiger partial charge in [0, 0.05) is 6.42 Å². The number of benzene rings is 1. The highest BCUT2D eigenvalue weighted by Gasteiger charge is 2.08. The van der Waals surface area contributed by atoms with Crippen molar-refractivity contribution in [1.29, 1.82) is 0 Å². The van der Waals surface area contributed by atoms with Gasteiger partial charge < -0.3 is 4.42 Å². The van der Waals surface area contributed by atoms with Gasteiger partial charge in [-0.3, -0.25) is 0 Å². The summed E-state index contributed by atoms with van der Waals surface area (Å²) < 4.78 is 5.54. The van der Waals surface area contributed by atoms with Crippen molar-refractivity contribution in [2.24, 2.45) is 0 Å². The van der Waals surface area contributed by atoms with Gasteiger partial charge in [0.1, 0.15) is 11.1 Å². The quantitative estimate of drug-likeness (QED) is 0.744. The maximum atomic E-state index is 5.89. The molecule has 1 unspecified atom stereocenters. The van der Waals surface area contributed by atoms with Crippen LogP contribution in [-0.2, 0) is 12.8 Å². The summed E-state index contributed by atoms with van der Waals surface area (Å²) in [5, 5.41) is -0.155. The molecule has 0 spiro atoms. The summed E-state index contributed by atoms with van der Waals surface area (Å²) in [6, 6.07) is 10.5. The molecule has 2 aromatic rings. The van der Waals surface area contributed by atoms with Crippen molar-refractivity contribution in [3.8, 4) is 0 Å². The first kappa shape index (κ1) is 12.2. The van der Waals surface area contributed by atoms with Gasteiger partial charge in [-0.1, -0.05) is 30.3 Å². The van der Waals surface area contributed by atoms with E-state index in [0.29, 0.717) is 5.89 Å². The van der Waals surface area contributed by atoms with E-state index in [9.17, 15) is 0 Å². The van der Waals surface area contributed by atoms with Gasteiger partial charge in [0.15, 0.2) is 0 Å². The average Bonchev–Trinajstić information content (AvgIpc) is 2.79. The van der Waals surface area contributed by atoms with Gasteiger partial charge in [-0.05, 0) is 25.3 Å². The summed E-state index contributed by atoms with van der Waals surface area (Å²) in [4.78, 5) is 4.14. The lowest BCUT2D eigenvalue weighted by Gasteiger charge is -1.99. The molecular formula is C14H16ClNO. The number of rotatable bonds is 5. The smallest absolute Gasteiger partial charge is 0.212 e. The molecule has 0 aliphatic rings. The highest BCUT2D eigenvalue weighted by molar-refractivity contribution is 6.20. The predicted octanol–water partition coefficient (Wildman–Crippen LogP) is 4.15. The first-order chi connectivity index (χ1) is 8.25. The lowest BCUT2D eigenvalue weighted by atomic mass is 10.1. The lowest BCUT2D eigenvalue weighted by molar-refractivity contribution is 0.451. The second-order valence-corrected chi connectivity index (χ2v) is 4.77. The summed E-state index contributed by atoms with van der Waals surface area (Å²) in [5.74, 6) is 1.53. The van der Waals surface area contributed by atoms with Gasteiger partial charge in [-0.15, -0.1) is 11.6 Å². The van der Waals surface area contributed by atoms with Gasteiger partial charge >= 0.3 is 0 Å². The van der Waals surface area contributed by atoms with Crippen LogP contribution in [0.5, 0.6) is 0 Å². The second kappa shape index (κ2) is 5.87. The first-order valence-corrected chi connectivity index (χ1v) is 6.32. The average molecular weight is 250 g/mol. The summed E-state index contributed by atoms with van der Waals surface area (Å²) in [6.07, 6.45) is 4.81. The normalized spacial score (nSPS) is 12.6. The van der Waals surface area contributed by atoms with E-state index < -0.39 is 0 Å². The van der Waals surface area contributed by atoms with Crippen LogP contribution in [0.15, 0.2) is 40.9 Å². The fourth-order valence-electron chi connectivity index (χ4n) is 1.73. The highest BCUT2D eigenvalue weighted by atomic mass is 35.5. The molecule has 0 aliphatic carbocycles. The zero-order chi connectivity index (χ0) is 12.1. The maximum absolute atomic E-state index is 5.89. The molecule has 0 N–H and O–H groups in total. The minimum Gasteiger partial charge on any atom is -0.444 e. The molecule has 0 fully saturated rings. The molecule has 17 heavy (non-hydrogen) atoms. The number of alkyl halides is 1. The third kappa shape index (κ3) is 3.60. The van der Waals surface area contributed by atoms with E-state index in [1.54, 1.807) is 6.20 Å². The van der Waals surface area contributed by atoms with Gasteiger partial charge in [0.25, 0.3) is 0 Å². The minimum atomic E-state index is -0.155. The fourth-order valence-corrected chi connectivity index (χ4v) is 1.83. The number of oxazole rings is 1. The Labute approximate surface area is 107 Å². The van der Waals surface area contributed by atoms with Crippen molar-refractivity contribution in [3.63, 3.8) is 0 Å². The maximum Gasteiger partial charge on any atom is 0.212 e. The van der Waals surface area contributed by atoms with Crippen LogP contribution in [0.2, 0.25) is 0 Å². The summed E-state index contributed by atoms with van der Waals surface area (Å²) in [5.41, 5.74) is 1.36. The van der Waals surface area contributed by atoms with Crippen LogP contribution in [0, 0.1) is 0 Å². The number of hydrogen-bond donors (Lipinski definition) is 0. The Hall–Kier alpha value is -1.28. The topological polar surface area (TPSA) is 26.0 Å². The second-order valence-electron chi connectivity index (χ2n) is 4.12. The third-order valence-corrected chi connectivity index (χ3v) is 2.83. The van der Waals surface area contributed by atoms with Crippen molar-refractivity contribution < 1.29 is 4.42 Å². The van der Waals surface area contributed by atoms with E-state index >= 15 is 0 Å². The fraction of sp³-hybridized carbons (Fsp3) is 0.357. The van der Waals surface area contributed by atoms with Crippen LogP contribution in [0.3, 0.4) is 0 Å². The number of hydrogen-bond acceptors (Lipinski definition) is 2.